The number of aromatic nitrogens is 3. The molecular weight excluding hydrogens is 202 g/mol. The zero-order valence-corrected chi connectivity index (χ0v) is 9.30. The van der Waals surface area contributed by atoms with Crippen molar-refractivity contribution < 1.29 is 0 Å². The molecule has 0 amide bonds. The summed E-state index contributed by atoms with van der Waals surface area (Å²) in [6.07, 6.45) is 0. The third-order valence-corrected chi connectivity index (χ3v) is 3.11. The average Bonchev–Trinajstić information content (AvgIpc) is 2.59. The Labute approximate surface area is 93.8 Å². The summed E-state index contributed by atoms with van der Waals surface area (Å²) in [5.74, 6) is 0.691. The number of nitrogens with two attached hydrogens (primary N) is 1. The summed E-state index contributed by atoms with van der Waals surface area (Å²) in [5.41, 5.74) is 8.49. The van der Waals surface area contributed by atoms with E-state index in [9.17, 15) is 0 Å². The first-order valence-corrected chi connectivity index (χ1v) is 5.49. The van der Waals surface area contributed by atoms with Crippen LogP contribution >= 0.6 is 0 Å². The van der Waals surface area contributed by atoms with E-state index in [0.717, 1.165) is 36.4 Å². The molecule has 1 aromatic heterocycles. The Bertz CT molecular complexity index is 512. The van der Waals surface area contributed by atoms with Gasteiger partial charge in [-0.1, -0.05) is 5.21 Å². The van der Waals surface area contributed by atoms with Crippen molar-refractivity contribution in [1.82, 2.24) is 19.9 Å². The highest BCUT2D eigenvalue weighted by atomic mass is 15.4. The molecule has 0 bridgehead atoms. The second-order valence-electron chi connectivity index (χ2n) is 4.61. The van der Waals surface area contributed by atoms with Crippen LogP contribution in [0.5, 0.6) is 0 Å². The summed E-state index contributed by atoms with van der Waals surface area (Å²) in [7, 11) is 2.13. The van der Waals surface area contributed by atoms with Crippen LogP contribution in [0, 0.1) is 5.92 Å². The fourth-order valence-electron chi connectivity index (χ4n) is 2.31. The predicted molar refractivity (Wildman–Crippen MR) is 62.9 cm³/mol. The van der Waals surface area contributed by atoms with E-state index in [1.165, 1.54) is 0 Å². The van der Waals surface area contributed by atoms with Crippen molar-refractivity contribution in [3.8, 4) is 0 Å². The van der Waals surface area contributed by atoms with Crippen LogP contribution in [0.15, 0.2) is 18.2 Å². The van der Waals surface area contributed by atoms with Crippen molar-refractivity contribution in [1.29, 1.82) is 0 Å². The molecule has 0 radical (unpaired) electrons. The monoisotopic (exact) mass is 217 g/mol. The maximum Gasteiger partial charge on any atom is 0.113 e. The number of nitrogens with zero attached hydrogens (tertiary/aromatic N) is 4. The Morgan fingerprint density at radius 3 is 3.00 bits per heavy atom. The van der Waals surface area contributed by atoms with Crippen LogP contribution < -0.4 is 5.73 Å². The second-order valence-corrected chi connectivity index (χ2v) is 4.61. The Morgan fingerprint density at radius 2 is 2.25 bits per heavy atom. The molecule has 0 unspecified atom stereocenters. The van der Waals surface area contributed by atoms with Crippen molar-refractivity contribution in [2.24, 2.45) is 5.92 Å². The van der Waals surface area contributed by atoms with Gasteiger partial charge in [-0.05, 0) is 25.2 Å². The summed E-state index contributed by atoms with van der Waals surface area (Å²) >= 11 is 0. The van der Waals surface area contributed by atoms with Crippen LogP contribution in [-0.4, -0.2) is 40.0 Å². The number of nitrogen functional groups attached to an aromatic ring is 1. The van der Waals surface area contributed by atoms with E-state index in [1.807, 2.05) is 22.9 Å². The topological polar surface area (TPSA) is 60.0 Å². The van der Waals surface area contributed by atoms with Gasteiger partial charge in [0.05, 0.1) is 5.52 Å². The molecule has 2 N–H and O–H groups in total. The molecule has 2 aromatic rings. The molecule has 0 atom stereocenters. The maximum absolute atomic E-state index is 5.77. The zero-order valence-electron chi connectivity index (χ0n) is 9.30. The molecule has 84 valence electrons. The minimum absolute atomic E-state index is 0.691. The molecule has 2 heterocycles. The van der Waals surface area contributed by atoms with Crippen LogP contribution in [-0.2, 0) is 6.54 Å². The first kappa shape index (κ1) is 9.59. The van der Waals surface area contributed by atoms with Crippen molar-refractivity contribution >= 4 is 16.7 Å². The fourth-order valence-corrected chi connectivity index (χ4v) is 2.31. The van der Waals surface area contributed by atoms with Crippen LogP contribution in [0.25, 0.3) is 11.0 Å². The van der Waals surface area contributed by atoms with E-state index in [2.05, 4.69) is 22.3 Å². The molecule has 1 aromatic carbocycles. The van der Waals surface area contributed by atoms with Crippen LogP contribution in [0.1, 0.15) is 0 Å². The maximum atomic E-state index is 5.77. The molecule has 1 aliphatic rings. The lowest BCUT2D eigenvalue weighted by atomic mass is 10.0. The number of likely N-dealkylation sites (tertiary alicyclic amines) is 1. The highest BCUT2D eigenvalue weighted by Crippen LogP contribution is 2.19. The number of rotatable bonds is 2. The Hall–Kier alpha value is -1.62. The lowest BCUT2D eigenvalue weighted by Gasteiger charge is -2.35. The summed E-state index contributed by atoms with van der Waals surface area (Å²) in [5, 5.41) is 8.31. The normalized spacial score (nSPS) is 17.8. The molecule has 3 rings (SSSR count). The molecule has 1 fully saturated rings. The zero-order chi connectivity index (χ0) is 11.1. The Balaban J connectivity index is 1.89. The van der Waals surface area contributed by atoms with E-state index in [4.69, 9.17) is 5.73 Å². The standard InChI is InChI=1S/C11H15N5/c1-15-5-8(6-15)7-16-11-4-9(12)2-3-10(11)13-14-16/h2-4,8H,5-7,12H2,1H3. The van der Waals surface area contributed by atoms with Crippen LogP contribution in [0.4, 0.5) is 5.69 Å². The van der Waals surface area contributed by atoms with Gasteiger partial charge in [-0.15, -0.1) is 5.10 Å². The minimum atomic E-state index is 0.691. The molecule has 1 aliphatic heterocycles. The van der Waals surface area contributed by atoms with E-state index < -0.39 is 0 Å². The average molecular weight is 217 g/mol. The summed E-state index contributed by atoms with van der Waals surface area (Å²) in [4.78, 5) is 2.30. The molecule has 5 nitrogen and oxygen atoms in total. The van der Waals surface area contributed by atoms with Gasteiger partial charge in [-0.3, -0.25) is 0 Å². The number of hydrogen-bond donors (Lipinski definition) is 1. The van der Waals surface area contributed by atoms with Gasteiger partial charge in [0.2, 0.25) is 0 Å². The van der Waals surface area contributed by atoms with Crippen molar-refractivity contribution in [2.45, 2.75) is 6.54 Å². The third kappa shape index (κ3) is 1.53. The molecule has 0 aliphatic carbocycles. The summed E-state index contributed by atoms with van der Waals surface area (Å²) < 4.78 is 1.96. The van der Waals surface area contributed by atoms with E-state index in [-0.39, 0.29) is 0 Å². The molecular formula is C11H15N5. The van der Waals surface area contributed by atoms with Crippen molar-refractivity contribution in [3.63, 3.8) is 0 Å². The molecule has 0 spiro atoms. The molecule has 0 saturated carbocycles. The SMILES string of the molecule is CN1CC(Cn2nnc3ccc(N)cc32)C1. The number of benzene rings is 1. The van der Waals surface area contributed by atoms with Gasteiger partial charge in [-0.25, -0.2) is 4.68 Å². The van der Waals surface area contributed by atoms with Gasteiger partial charge >= 0.3 is 0 Å². The quantitative estimate of drug-likeness (QED) is 0.747. The smallest absolute Gasteiger partial charge is 0.113 e. The van der Waals surface area contributed by atoms with Crippen molar-refractivity contribution in [3.05, 3.63) is 18.2 Å². The van der Waals surface area contributed by atoms with Gasteiger partial charge in [0, 0.05) is 31.2 Å². The Morgan fingerprint density at radius 1 is 1.44 bits per heavy atom. The van der Waals surface area contributed by atoms with Gasteiger partial charge < -0.3 is 10.6 Å². The lowest BCUT2D eigenvalue weighted by Crippen LogP contribution is -2.45. The number of anilines is 1. The minimum Gasteiger partial charge on any atom is -0.399 e. The lowest BCUT2D eigenvalue weighted by molar-refractivity contribution is 0.116. The highest BCUT2D eigenvalue weighted by molar-refractivity contribution is 5.78. The van der Waals surface area contributed by atoms with Gasteiger partial charge in [-0.2, -0.15) is 0 Å². The Kier molecular flexibility index (Phi) is 2.07. The largest absolute Gasteiger partial charge is 0.399 e. The predicted octanol–water partition coefficient (Wildman–Crippen LogP) is 0.575. The van der Waals surface area contributed by atoms with Crippen molar-refractivity contribution in [2.75, 3.05) is 25.9 Å². The molecule has 5 heteroatoms. The number of fused-ring (bicyclic) bond motifs is 1. The fraction of sp³-hybridized carbons (Fsp3) is 0.455. The second kappa shape index (κ2) is 3.45. The van der Waals surface area contributed by atoms with Crippen LogP contribution in [0.3, 0.4) is 0 Å². The van der Waals surface area contributed by atoms with Gasteiger partial charge in [0.1, 0.15) is 5.52 Å². The third-order valence-electron chi connectivity index (χ3n) is 3.11. The summed E-state index contributed by atoms with van der Waals surface area (Å²) in [6, 6.07) is 5.72. The molecule has 1 saturated heterocycles. The van der Waals surface area contributed by atoms with Gasteiger partial charge in [0.25, 0.3) is 0 Å². The summed E-state index contributed by atoms with van der Waals surface area (Å²) in [6.45, 7) is 3.22. The van der Waals surface area contributed by atoms with Crippen LogP contribution in [0.2, 0.25) is 0 Å². The first-order chi connectivity index (χ1) is 7.72. The van der Waals surface area contributed by atoms with Gasteiger partial charge in [0.15, 0.2) is 0 Å². The first-order valence-electron chi connectivity index (χ1n) is 5.49. The highest BCUT2D eigenvalue weighted by Gasteiger charge is 2.24. The van der Waals surface area contributed by atoms with E-state index in [0.29, 0.717) is 5.92 Å². The number of hydrogen-bond acceptors (Lipinski definition) is 4. The van der Waals surface area contributed by atoms with E-state index >= 15 is 0 Å². The molecule has 16 heavy (non-hydrogen) atoms. The van der Waals surface area contributed by atoms with E-state index in [1.54, 1.807) is 0 Å².